The van der Waals surface area contributed by atoms with Crippen LogP contribution in [0.1, 0.15) is 50.5 Å². The van der Waals surface area contributed by atoms with Crippen molar-refractivity contribution < 1.29 is 0 Å². The Balaban J connectivity index is 1.26. The van der Waals surface area contributed by atoms with Crippen molar-refractivity contribution in [3.8, 4) is 0 Å². The molecule has 1 aliphatic carbocycles. The molecule has 3 aliphatic rings. The van der Waals surface area contributed by atoms with E-state index in [0.29, 0.717) is 6.04 Å². The number of likely N-dealkylation sites (tertiary alicyclic amines) is 1. The van der Waals surface area contributed by atoms with E-state index in [4.69, 9.17) is 0 Å². The number of guanidine groups is 1. The summed E-state index contributed by atoms with van der Waals surface area (Å²) in [6, 6.07) is 5.64. The van der Waals surface area contributed by atoms with Gasteiger partial charge in [-0.3, -0.25) is 9.89 Å². The van der Waals surface area contributed by atoms with Crippen LogP contribution in [0.4, 0.5) is 5.82 Å². The van der Waals surface area contributed by atoms with Crippen LogP contribution in [0.25, 0.3) is 0 Å². The fourth-order valence-electron chi connectivity index (χ4n) is 4.77. The second-order valence-electron chi connectivity index (χ2n) is 8.21. The standard InChI is InChI=1S/C21H34N6/c1-22-21(25-18-9-13-27(16-18)19-6-2-3-7-19)24-15-17-8-10-23-20(14-17)26-11-4-5-12-26/h8,10,14,18-19H,2-7,9,11-13,15-16H2,1H3,(H2,22,24,25). The summed E-state index contributed by atoms with van der Waals surface area (Å²) in [5, 5.41) is 7.12. The number of pyridine rings is 1. The molecule has 0 amide bonds. The van der Waals surface area contributed by atoms with Crippen LogP contribution in [-0.4, -0.2) is 61.2 Å². The molecular weight excluding hydrogens is 336 g/mol. The Kier molecular flexibility index (Phi) is 6.12. The minimum Gasteiger partial charge on any atom is -0.357 e. The highest BCUT2D eigenvalue weighted by Gasteiger charge is 2.30. The van der Waals surface area contributed by atoms with Crippen molar-refractivity contribution >= 4 is 11.8 Å². The van der Waals surface area contributed by atoms with E-state index >= 15 is 0 Å². The average molecular weight is 371 g/mol. The third-order valence-corrected chi connectivity index (χ3v) is 6.33. The molecule has 3 fully saturated rings. The van der Waals surface area contributed by atoms with Gasteiger partial charge in [0.2, 0.25) is 0 Å². The Morgan fingerprint density at radius 3 is 2.74 bits per heavy atom. The number of aliphatic imine (C=N–C) groups is 1. The summed E-state index contributed by atoms with van der Waals surface area (Å²) in [6.45, 7) is 5.42. The number of hydrogen-bond donors (Lipinski definition) is 2. The highest BCUT2D eigenvalue weighted by Crippen LogP contribution is 2.26. The molecule has 1 unspecified atom stereocenters. The Morgan fingerprint density at radius 1 is 1.15 bits per heavy atom. The first kappa shape index (κ1) is 18.5. The molecule has 1 atom stereocenters. The first-order chi connectivity index (χ1) is 13.3. The molecule has 0 radical (unpaired) electrons. The van der Waals surface area contributed by atoms with Crippen LogP contribution in [0.5, 0.6) is 0 Å². The summed E-state index contributed by atoms with van der Waals surface area (Å²) in [5.74, 6) is 2.02. The maximum absolute atomic E-state index is 4.54. The second-order valence-corrected chi connectivity index (χ2v) is 8.21. The van der Waals surface area contributed by atoms with Crippen molar-refractivity contribution in [2.24, 2.45) is 4.99 Å². The summed E-state index contributed by atoms with van der Waals surface area (Å²) in [4.78, 5) is 14.0. The summed E-state index contributed by atoms with van der Waals surface area (Å²) in [6.07, 6.45) is 11.3. The van der Waals surface area contributed by atoms with Crippen molar-refractivity contribution in [2.75, 3.05) is 38.1 Å². The van der Waals surface area contributed by atoms with Gasteiger partial charge in [-0.05, 0) is 49.8 Å². The van der Waals surface area contributed by atoms with Gasteiger partial charge in [0.1, 0.15) is 5.82 Å². The second kappa shape index (κ2) is 8.91. The molecule has 1 aromatic heterocycles. The first-order valence-corrected chi connectivity index (χ1v) is 10.7. The molecule has 0 spiro atoms. The Morgan fingerprint density at radius 2 is 1.96 bits per heavy atom. The lowest BCUT2D eigenvalue weighted by molar-refractivity contribution is 0.242. The molecule has 6 nitrogen and oxygen atoms in total. The highest BCUT2D eigenvalue weighted by molar-refractivity contribution is 5.80. The van der Waals surface area contributed by atoms with Gasteiger partial charge in [0.05, 0.1) is 0 Å². The van der Waals surface area contributed by atoms with Gasteiger partial charge in [0.15, 0.2) is 5.96 Å². The van der Waals surface area contributed by atoms with Crippen LogP contribution < -0.4 is 15.5 Å². The molecule has 4 rings (SSSR count). The quantitative estimate of drug-likeness (QED) is 0.616. The molecule has 2 saturated heterocycles. The maximum atomic E-state index is 4.54. The topological polar surface area (TPSA) is 55.8 Å². The van der Waals surface area contributed by atoms with Crippen molar-refractivity contribution in [1.29, 1.82) is 0 Å². The molecule has 0 aromatic carbocycles. The molecular formula is C21H34N6. The van der Waals surface area contributed by atoms with Crippen LogP contribution in [0.15, 0.2) is 23.3 Å². The van der Waals surface area contributed by atoms with Gasteiger partial charge in [0.25, 0.3) is 0 Å². The van der Waals surface area contributed by atoms with E-state index in [9.17, 15) is 0 Å². The van der Waals surface area contributed by atoms with Crippen LogP contribution in [0.2, 0.25) is 0 Å². The van der Waals surface area contributed by atoms with Crippen LogP contribution in [0, 0.1) is 0 Å². The van der Waals surface area contributed by atoms with Gasteiger partial charge in [-0.1, -0.05) is 12.8 Å². The van der Waals surface area contributed by atoms with E-state index < -0.39 is 0 Å². The van der Waals surface area contributed by atoms with Gasteiger partial charge in [-0.2, -0.15) is 0 Å². The zero-order chi connectivity index (χ0) is 18.5. The van der Waals surface area contributed by atoms with Crippen molar-refractivity contribution in [3.05, 3.63) is 23.9 Å². The minimum atomic E-state index is 0.509. The molecule has 6 heteroatoms. The van der Waals surface area contributed by atoms with Gasteiger partial charge < -0.3 is 15.5 Å². The summed E-state index contributed by atoms with van der Waals surface area (Å²) in [5.41, 5.74) is 1.26. The summed E-state index contributed by atoms with van der Waals surface area (Å²) < 4.78 is 0. The summed E-state index contributed by atoms with van der Waals surface area (Å²) in [7, 11) is 1.86. The first-order valence-electron chi connectivity index (χ1n) is 10.7. The molecule has 2 N–H and O–H groups in total. The molecule has 1 saturated carbocycles. The van der Waals surface area contributed by atoms with Crippen LogP contribution in [0.3, 0.4) is 0 Å². The third kappa shape index (κ3) is 4.72. The number of nitrogens with zero attached hydrogens (tertiary/aromatic N) is 4. The average Bonchev–Trinajstić information content (AvgIpc) is 3.47. The van der Waals surface area contributed by atoms with E-state index in [1.54, 1.807) is 0 Å². The number of hydrogen-bond acceptors (Lipinski definition) is 4. The number of aromatic nitrogens is 1. The Bertz CT molecular complexity index is 633. The van der Waals surface area contributed by atoms with Crippen molar-refractivity contribution in [3.63, 3.8) is 0 Å². The maximum Gasteiger partial charge on any atom is 0.191 e. The van der Waals surface area contributed by atoms with E-state index in [0.717, 1.165) is 44.0 Å². The van der Waals surface area contributed by atoms with Gasteiger partial charge in [-0.15, -0.1) is 0 Å². The summed E-state index contributed by atoms with van der Waals surface area (Å²) >= 11 is 0. The lowest BCUT2D eigenvalue weighted by atomic mass is 10.2. The number of anilines is 1. The minimum absolute atomic E-state index is 0.509. The Hall–Kier alpha value is -1.82. The van der Waals surface area contributed by atoms with Crippen LogP contribution >= 0.6 is 0 Å². The molecule has 3 heterocycles. The van der Waals surface area contributed by atoms with E-state index in [2.05, 4.69) is 42.5 Å². The molecule has 0 bridgehead atoms. The predicted octanol–water partition coefficient (Wildman–Crippen LogP) is 2.36. The molecule has 1 aromatic rings. The lowest BCUT2D eigenvalue weighted by Crippen LogP contribution is -2.45. The third-order valence-electron chi connectivity index (χ3n) is 6.33. The van der Waals surface area contributed by atoms with Crippen molar-refractivity contribution in [1.82, 2.24) is 20.5 Å². The largest absolute Gasteiger partial charge is 0.357 e. The predicted molar refractivity (Wildman–Crippen MR) is 111 cm³/mol. The van der Waals surface area contributed by atoms with E-state index in [-0.39, 0.29) is 0 Å². The monoisotopic (exact) mass is 370 g/mol. The van der Waals surface area contributed by atoms with Crippen molar-refractivity contribution in [2.45, 2.75) is 63.6 Å². The number of rotatable bonds is 5. The highest BCUT2D eigenvalue weighted by atomic mass is 15.3. The fraction of sp³-hybridized carbons (Fsp3) is 0.714. The number of nitrogens with one attached hydrogen (secondary N) is 2. The lowest BCUT2D eigenvalue weighted by Gasteiger charge is -2.24. The van der Waals surface area contributed by atoms with E-state index in [1.165, 1.54) is 57.1 Å². The normalized spacial score (nSPS) is 24.7. The van der Waals surface area contributed by atoms with Crippen LogP contribution in [-0.2, 0) is 6.54 Å². The zero-order valence-corrected chi connectivity index (χ0v) is 16.7. The Labute approximate surface area is 163 Å². The van der Waals surface area contributed by atoms with Gasteiger partial charge in [0, 0.05) is 58.1 Å². The molecule has 148 valence electrons. The van der Waals surface area contributed by atoms with E-state index in [1.807, 2.05) is 13.2 Å². The smallest absolute Gasteiger partial charge is 0.191 e. The fourth-order valence-corrected chi connectivity index (χ4v) is 4.77. The zero-order valence-electron chi connectivity index (χ0n) is 16.7. The van der Waals surface area contributed by atoms with Gasteiger partial charge in [-0.25, -0.2) is 4.98 Å². The van der Waals surface area contributed by atoms with Gasteiger partial charge >= 0.3 is 0 Å². The molecule has 27 heavy (non-hydrogen) atoms. The SMILES string of the molecule is CN=C(NCc1ccnc(N2CCCC2)c1)NC1CCN(C2CCCC2)C1. The molecule has 2 aliphatic heterocycles.